The molecule has 2 N–H and O–H groups in total. The number of hydrogen-bond donors (Lipinski definition) is 2. The Labute approximate surface area is 124 Å². The van der Waals surface area contributed by atoms with Gasteiger partial charge in [-0.3, -0.25) is 4.79 Å². The van der Waals surface area contributed by atoms with Crippen molar-refractivity contribution in [1.29, 1.82) is 0 Å². The zero-order valence-corrected chi connectivity index (χ0v) is 12.7. The second-order valence-corrected chi connectivity index (χ2v) is 6.36. The third kappa shape index (κ3) is 3.40. The molecule has 0 radical (unpaired) electrons. The van der Waals surface area contributed by atoms with Gasteiger partial charge >= 0.3 is 0 Å². The highest BCUT2D eigenvalue weighted by atomic mass is 19.1. The first kappa shape index (κ1) is 15.9. The summed E-state index contributed by atoms with van der Waals surface area (Å²) in [6.07, 6.45) is 2.16. The predicted molar refractivity (Wildman–Crippen MR) is 78.2 cm³/mol. The molecule has 3 nitrogen and oxygen atoms in total. The van der Waals surface area contributed by atoms with E-state index in [1.165, 1.54) is 13.0 Å². The van der Waals surface area contributed by atoms with E-state index >= 15 is 0 Å². The second kappa shape index (κ2) is 6.10. The van der Waals surface area contributed by atoms with Gasteiger partial charge in [-0.2, -0.15) is 0 Å². The molecule has 0 saturated carbocycles. The van der Waals surface area contributed by atoms with Crippen molar-refractivity contribution in [3.8, 4) is 0 Å². The van der Waals surface area contributed by atoms with Crippen LogP contribution in [-0.2, 0) is 0 Å². The number of piperidine rings is 1. The fourth-order valence-electron chi connectivity index (χ4n) is 2.77. The normalized spacial score (nSPS) is 21.1. The fraction of sp³-hybridized carbons (Fsp3) is 0.562. The zero-order valence-electron chi connectivity index (χ0n) is 12.7. The molecule has 21 heavy (non-hydrogen) atoms. The van der Waals surface area contributed by atoms with Crippen molar-refractivity contribution in [2.75, 3.05) is 13.1 Å². The lowest BCUT2D eigenvalue weighted by molar-refractivity contribution is 0.0920. The van der Waals surface area contributed by atoms with Gasteiger partial charge in [-0.25, -0.2) is 8.78 Å². The Morgan fingerprint density at radius 3 is 2.81 bits per heavy atom. The first-order valence-electron chi connectivity index (χ1n) is 7.29. The van der Waals surface area contributed by atoms with Crippen LogP contribution in [0.25, 0.3) is 0 Å². The molecular formula is C16H22F2N2O. The molecule has 5 heteroatoms. The van der Waals surface area contributed by atoms with Crippen LogP contribution in [0.3, 0.4) is 0 Å². The maximum absolute atomic E-state index is 13.9. The van der Waals surface area contributed by atoms with Crippen LogP contribution in [0.2, 0.25) is 0 Å². The first-order valence-corrected chi connectivity index (χ1v) is 7.29. The minimum atomic E-state index is -0.827. The van der Waals surface area contributed by atoms with Crippen LogP contribution < -0.4 is 10.6 Å². The number of aryl methyl sites for hydroxylation is 1. The summed E-state index contributed by atoms with van der Waals surface area (Å²) in [4.78, 5) is 12.1. The van der Waals surface area contributed by atoms with Crippen LogP contribution in [0.4, 0.5) is 8.78 Å². The molecular weight excluding hydrogens is 274 g/mol. The maximum Gasteiger partial charge on any atom is 0.257 e. The van der Waals surface area contributed by atoms with Crippen LogP contribution >= 0.6 is 0 Å². The van der Waals surface area contributed by atoms with Gasteiger partial charge in [-0.05, 0) is 43.4 Å². The second-order valence-electron chi connectivity index (χ2n) is 6.36. The van der Waals surface area contributed by atoms with Gasteiger partial charge in [0.2, 0.25) is 0 Å². The number of hydrogen-bond acceptors (Lipinski definition) is 2. The largest absolute Gasteiger partial charge is 0.350 e. The third-order valence-corrected chi connectivity index (χ3v) is 4.31. The van der Waals surface area contributed by atoms with Crippen molar-refractivity contribution < 1.29 is 13.6 Å². The summed E-state index contributed by atoms with van der Waals surface area (Å²) in [7, 11) is 0. The number of benzene rings is 1. The smallest absolute Gasteiger partial charge is 0.257 e. The number of carbonyl (C=O) groups excluding carboxylic acids is 1. The Morgan fingerprint density at radius 2 is 2.14 bits per heavy atom. The van der Waals surface area contributed by atoms with Gasteiger partial charge in [-0.1, -0.05) is 19.9 Å². The molecule has 1 atom stereocenters. The van der Waals surface area contributed by atoms with Crippen LogP contribution in [0.15, 0.2) is 12.1 Å². The Morgan fingerprint density at radius 1 is 1.43 bits per heavy atom. The summed E-state index contributed by atoms with van der Waals surface area (Å²) in [5, 5.41) is 6.01. The molecule has 1 aromatic rings. The van der Waals surface area contributed by atoms with Crippen molar-refractivity contribution in [3.05, 3.63) is 34.9 Å². The summed E-state index contributed by atoms with van der Waals surface area (Å²) in [6, 6.07) is 2.55. The average Bonchev–Trinajstić information content (AvgIpc) is 2.42. The van der Waals surface area contributed by atoms with E-state index < -0.39 is 23.1 Å². The van der Waals surface area contributed by atoms with E-state index in [2.05, 4.69) is 24.5 Å². The van der Waals surface area contributed by atoms with E-state index in [1.54, 1.807) is 0 Å². The SMILES string of the molecule is Cc1ccc(F)c(C(=O)NCC2NCCCC2(C)C)c1F. The lowest BCUT2D eigenvalue weighted by atomic mass is 9.77. The molecule has 116 valence electrons. The van der Waals surface area contributed by atoms with Gasteiger partial charge in [-0.15, -0.1) is 0 Å². The number of nitrogens with one attached hydrogen (secondary N) is 2. The molecule has 1 saturated heterocycles. The number of rotatable bonds is 3. The molecule has 1 fully saturated rings. The molecule has 0 bridgehead atoms. The highest BCUT2D eigenvalue weighted by molar-refractivity contribution is 5.95. The van der Waals surface area contributed by atoms with Gasteiger partial charge in [0.25, 0.3) is 5.91 Å². The van der Waals surface area contributed by atoms with Gasteiger partial charge in [0.05, 0.1) is 0 Å². The summed E-state index contributed by atoms with van der Waals surface area (Å²) in [5.74, 6) is -2.31. The summed E-state index contributed by atoms with van der Waals surface area (Å²) >= 11 is 0. The molecule has 1 unspecified atom stereocenters. The molecule has 1 amide bonds. The molecule has 2 rings (SSSR count). The Hall–Kier alpha value is -1.49. The number of amides is 1. The average molecular weight is 296 g/mol. The van der Waals surface area contributed by atoms with Crippen LogP contribution in [0, 0.1) is 24.0 Å². The third-order valence-electron chi connectivity index (χ3n) is 4.31. The van der Waals surface area contributed by atoms with E-state index in [-0.39, 0.29) is 17.0 Å². The lowest BCUT2D eigenvalue weighted by Crippen LogP contribution is -2.52. The van der Waals surface area contributed by atoms with Crippen molar-refractivity contribution in [2.24, 2.45) is 5.41 Å². The highest BCUT2D eigenvalue weighted by Crippen LogP contribution is 2.29. The van der Waals surface area contributed by atoms with Gasteiger partial charge in [0, 0.05) is 12.6 Å². The van der Waals surface area contributed by atoms with Gasteiger partial charge in [0.15, 0.2) is 0 Å². The van der Waals surface area contributed by atoms with E-state index in [9.17, 15) is 13.6 Å². The summed E-state index contributed by atoms with van der Waals surface area (Å²) in [6.45, 7) is 7.03. The zero-order chi connectivity index (χ0) is 15.6. The van der Waals surface area contributed by atoms with Crippen LogP contribution in [0.5, 0.6) is 0 Å². The summed E-state index contributed by atoms with van der Waals surface area (Å²) in [5.41, 5.74) is -0.184. The van der Waals surface area contributed by atoms with Crippen molar-refractivity contribution in [3.63, 3.8) is 0 Å². The Bertz CT molecular complexity index is 543. The number of halogens is 2. The highest BCUT2D eigenvalue weighted by Gasteiger charge is 2.32. The van der Waals surface area contributed by atoms with Crippen molar-refractivity contribution >= 4 is 5.91 Å². The van der Waals surface area contributed by atoms with Crippen LogP contribution in [0.1, 0.15) is 42.6 Å². The molecule has 1 aliphatic heterocycles. The quantitative estimate of drug-likeness (QED) is 0.900. The Kier molecular flexibility index (Phi) is 4.61. The van der Waals surface area contributed by atoms with E-state index in [0.717, 1.165) is 25.5 Å². The topological polar surface area (TPSA) is 41.1 Å². The minimum absolute atomic E-state index is 0.0508. The molecule has 0 spiro atoms. The molecule has 1 aromatic carbocycles. The van der Waals surface area contributed by atoms with E-state index in [1.807, 2.05) is 0 Å². The number of carbonyl (C=O) groups is 1. The van der Waals surface area contributed by atoms with Crippen molar-refractivity contribution in [1.82, 2.24) is 10.6 Å². The molecule has 0 aromatic heterocycles. The van der Waals surface area contributed by atoms with Gasteiger partial charge in [0.1, 0.15) is 17.2 Å². The fourth-order valence-corrected chi connectivity index (χ4v) is 2.77. The lowest BCUT2D eigenvalue weighted by Gasteiger charge is -2.39. The first-order chi connectivity index (χ1) is 9.83. The van der Waals surface area contributed by atoms with Crippen LogP contribution in [-0.4, -0.2) is 25.0 Å². The van der Waals surface area contributed by atoms with E-state index in [0.29, 0.717) is 6.54 Å². The standard InChI is InChI=1S/C16H22F2N2O/c1-10-5-6-11(17)13(14(10)18)15(21)20-9-12-16(2,3)7-4-8-19-12/h5-6,12,19H,4,7-9H2,1-3H3,(H,20,21). The minimum Gasteiger partial charge on any atom is -0.350 e. The summed E-state index contributed by atoms with van der Waals surface area (Å²) < 4.78 is 27.6. The Balaban J connectivity index is 2.07. The van der Waals surface area contributed by atoms with Crippen molar-refractivity contribution in [2.45, 2.75) is 39.7 Å². The molecule has 1 heterocycles. The van der Waals surface area contributed by atoms with Gasteiger partial charge < -0.3 is 10.6 Å². The molecule has 1 aliphatic rings. The monoisotopic (exact) mass is 296 g/mol. The maximum atomic E-state index is 13.9. The predicted octanol–water partition coefficient (Wildman–Crippen LogP) is 2.78. The molecule has 0 aliphatic carbocycles. The van der Waals surface area contributed by atoms with E-state index in [4.69, 9.17) is 0 Å².